The van der Waals surface area contributed by atoms with Crippen molar-refractivity contribution in [3.63, 3.8) is 0 Å². The predicted octanol–water partition coefficient (Wildman–Crippen LogP) is 1.39. The molecule has 0 radical (unpaired) electrons. The Balaban J connectivity index is 2.64. The van der Waals surface area contributed by atoms with Crippen molar-refractivity contribution in [2.24, 2.45) is 5.84 Å². The van der Waals surface area contributed by atoms with Gasteiger partial charge in [-0.1, -0.05) is 41.6 Å². The standard InChI is InChI=1S/C12H13F3N2O3/c13-12(14,15)11(19)20-17(16)8-10-4-1-3-9(7-10)5-2-6-18/h1-5,7,18H,6,8,16H2/b5-2+. The van der Waals surface area contributed by atoms with Gasteiger partial charge >= 0.3 is 12.1 Å². The van der Waals surface area contributed by atoms with Gasteiger partial charge in [-0.25, -0.2) is 10.6 Å². The quantitative estimate of drug-likeness (QED) is 0.633. The van der Waals surface area contributed by atoms with E-state index in [2.05, 4.69) is 4.84 Å². The summed E-state index contributed by atoms with van der Waals surface area (Å²) >= 11 is 0. The second-order valence-electron chi connectivity index (χ2n) is 3.78. The minimum absolute atomic E-state index is 0.129. The van der Waals surface area contributed by atoms with Gasteiger partial charge in [-0.3, -0.25) is 0 Å². The Morgan fingerprint density at radius 1 is 1.45 bits per heavy atom. The summed E-state index contributed by atoms with van der Waals surface area (Å²) in [7, 11) is 0. The van der Waals surface area contributed by atoms with Crippen LogP contribution in [0.4, 0.5) is 13.2 Å². The molecular formula is C12H13F3N2O3. The Bertz CT molecular complexity index is 489. The van der Waals surface area contributed by atoms with E-state index in [4.69, 9.17) is 10.9 Å². The maximum absolute atomic E-state index is 12.0. The molecule has 0 amide bonds. The van der Waals surface area contributed by atoms with Crippen molar-refractivity contribution in [3.05, 3.63) is 41.5 Å². The zero-order valence-corrected chi connectivity index (χ0v) is 10.3. The van der Waals surface area contributed by atoms with Crippen molar-refractivity contribution in [2.75, 3.05) is 6.61 Å². The molecule has 0 aromatic heterocycles. The molecule has 0 aliphatic carbocycles. The van der Waals surface area contributed by atoms with Crippen molar-refractivity contribution < 1.29 is 27.9 Å². The first-order valence-electron chi connectivity index (χ1n) is 5.50. The molecule has 1 aromatic carbocycles. The van der Waals surface area contributed by atoms with Gasteiger partial charge in [0.15, 0.2) is 0 Å². The lowest BCUT2D eigenvalue weighted by Gasteiger charge is -2.16. The molecule has 20 heavy (non-hydrogen) atoms. The first kappa shape index (κ1) is 16.2. The fraction of sp³-hybridized carbons (Fsp3) is 0.250. The van der Waals surface area contributed by atoms with E-state index in [1.54, 1.807) is 30.3 Å². The number of hydrazine groups is 1. The Morgan fingerprint density at radius 2 is 2.15 bits per heavy atom. The van der Waals surface area contributed by atoms with Gasteiger partial charge in [0.1, 0.15) is 0 Å². The summed E-state index contributed by atoms with van der Waals surface area (Å²) in [5.74, 6) is 2.81. The highest BCUT2D eigenvalue weighted by Gasteiger charge is 2.42. The molecule has 0 fully saturated rings. The van der Waals surface area contributed by atoms with Crippen molar-refractivity contribution in [2.45, 2.75) is 12.7 Å². The van der Waals surface area contributed by atoms with Gasteiger partial charge in [0, 0.05) is 0 Å². The van der Waals surface area contributed by atoms with Crippen LogP contribution in [0.2, 0.25) is 0 Å². The maximum Gasteiger partial charge on any atom is 0.492 e. The lowest BCUT2D eigenvalue weighted by atomic mass is 10.1. The number of nitrogens with zero attached hydrogens (tertiary/aromatic N) is 1. The summed E-state index contributed by atoms with van der Waals surface area (Å²) in [5, 5.41) is 8.95. The molecule has 0 heterocycles. The van der Waals surface area contributed by atoms with Crippen molar-refractivity contribution in [1.29, 1.82) is 0 Å². The SMILES string of the molecule is NN(Cc1cccc(/C=C/CO)c1)OC(=O)C(F)(F)F. The number of nitrogens with two attached hydrogens (primary N) is 1. The van der Waals surface area contributed by atoms with Crippen LogP contribution in [-0.2, 0) is 16.2 Å². The lowest BCUT2D eigenvalue weighted by molar-refractivity contribution is -0.241. The van der Waals surface area contributed by atoms with E-state index in [9.17, 15) is 18.0 Å². The van der Waals surface area contributed by atoms with Crippen LogP contribution < -0.4 is 5.84 Å². The van der Waals surface area contributed by atoms with Crippen molar-refractivity contribution in [3.8, 4) is 0 Å². The highest BCUT2D eigenvalue weighted by Crippen LogP contribution is 2.17. The molecule has 1 aromatic rings. The van der Waals surface area contributed by atoms with Crippen LogP contribution in [0.1, 0.15) is 11.1 Å². The van der Waals surface area contributed by atoms with Gasteiger partial charge in [-0.05, 0) is 11.1 Å². The summed E-state index contributed by atoms with van der Waals surface area (Å²) < 4.78 is 35.9. The third-order valence-corrected chi connectivity index (χ3v) is 2.14. The molecule has 0 unspecified atom stereocenters. The molecule has 0 bridgehead atoms. The number of aliphatic hydroxyl groups is 1. The summed E-state index contributed by atoms with van der Waals surface area (Å²) in [4.78, 5) is 14.5. The topological polar surface area (TPSA) is 75.8 Å². The molecule has 0 aliphatic rings. The van der Waals surface area contributed by atoms with Crippen LogP contribution in [0.25, 0.3) is 6.08 Å². The van der Waals surface area contributed by atoms with Crippen LogP contribution in [0.5, 0.6) is 0 Å². The highest BCUT2D eigenvalue weighted by atomic mass is 19.4. The Labute approximate surface area is 113 Å². The molecule has 8 heteroatoms. The number of alkyl halides is 3. The van der Waals surface area contributed by atoms with E-state index in [-0.39, 0.29) is 13.2 Å². The summed E-state index contributed by atoms with van der Waals surface area (Å²) in [6.45, 7) is -0.334. The van der Waals surface area contributed by atoms with Crippen LogP contribution in [0.15, 0.2) is 30.3 Å². The van der Waals surface area contributed by atoms with Crippen molar-refractivity contribution in [1.82, 2.24) is 5.17 Å². The van der Waals surface area contributed by atoms with Gasteiger partial charge in [0.2, 0.25) is 0 Å². The molecule has 5 nitrogen and oxygen atoms in total. The van der Waals surface area contributed by atoms with E-state index in [0.717, 1.165) is 5.56 Å². The number of hydrogen-bond donors (Lipinski definition) is 2. The molecule has 0 saturated carbocycles. The largest absolute Gasteiger partial charge is 0.492 e. The highest BCUT2D eigenvalue weighted by molar-refractivity contribution is 5.75. The fourth-order valence-corrected chi connectivity index (χ4v) is 1.35. The van der Waals surface area contributed by atoms with E-state index in [1.165, 1.54) is 6.08 Å². The second kappa shape index (κ2) is 7.04. The second-order valence-corrected chi connectivity index (χ2v) is 3.78. The zero-order chi connectivity index (χ0) is 15.2. The fourth-order valence-electron chi connectivity index (χ4n) is 1.35. The monoisotopic (exact) mass is 290 g/mol. The molecule has 0 spiro atoms. The summed E-state index contributed by atoms with van der Waals surface area (Å²) in [6, 6.07) is 6.63. The van der Waals surface area contributed by atoms with Gasteiger partial charge in [0.05, 0.1) is 13.2 Å². The van der Waals surface area contributed by atoms with Gasteiger partial charge in [-0.15, -0.1) is 0 Å². The molecule has 3 N–H and O–H groups in total. The van der Waals surface area contributed by atoms with Crippen LogP contribution >= 0.6 is 0 Å². The third-order valence-electron chi connectivity index (χ3n) is 2.14. The average molecular weight is 290 g/mol. The average Bonchev–Trinajstić information content (AvgIpc) is 2.35. The maximum atomic E-state index is 12.0. The first-order chi connectivity index (χ1) is 9.32. The molecular weight excluding hydrogens is 277 g/mol. The van der Waals surface area contributed by atoms with Crippen LogP contribution in [0.3, 0.4) is 0 Å². The number of aliphatic hydroxyl groups excluding tert-OH is 1. The number of hydroxylamine groups is 1. The number of benzene rings is 1. The molecule has 0 aliphatic heterocycles. The number of halogens is 3. The van der Waals surface area contributed by atoms with Gasteiger partial charge in [0.25, 0.3) is 0 Å². The normalized spacial score (nSPS) is 12.1. The third kappa shape index (κ3) is 5.39. The lowest BCUT2D eigenvalue weighted by Crippen LogP contribution is -2.38. The first-order valence-corrected chi connectivity index (χ1v) is 5.50. The number of rotatable bonds is 5. The zero-order valence-electron chi connectivity index (χ0n) is 10.3. The molecule has 0 saturated heterocycles. The predicted molar refractivity (Wildman–Crippen MR) is 64.4 cm³/mol. The van der Waals surface area contributed by atoms with Crippen molar-refractivity contribution >= 4 is 12.0 Å². The van der Waals surface area contributed by atoms with E-state index in [0.29, 0.717) is 10.7 Å². The minimum atomic E-state index is -5.09. The van der Waals surface area contributed by atoms with E-state index < -0.39 is 12.1 Å². The Morgan fingerprint density at radius 3 is 2.75 bits per heavy atom. The van der Waals surface area contributed by atoms with Crippen LogP contribution in [-0.4, -0.2) is 29.0 Å². The Kier molecular flexibility index (Phi) is 5.68. The molecule has 110 valence electrons. The number of hydrogen-bond acceptors (Lipinski definition) is 5. The van der Waals surface area contributed by atoms with Crippen LogP contribution in [0, 0.1) is 0 Å². The van der Waals surface area contributed by atoms with Gasteiger partial charge in [-0.2, -0.15) is 13.2 Å². The van der Waals surface area contributed by atoms with Gasteiger partial charge < -0.3 is 9.94 Å². The smallest absolute Gasteiger partial charge is 0.392 e. The van der Waals surface area contributed by atoms with E-state index >= 15 is 0 Å². The summed E-state index contributed by atoms with van der Waals surface area (Å²) in [6.07, 6.45) is -1.96. The Hall–Kier alpha value is -1.90. The minimum Gasteiger partial charge on any atom is -0.392 e. The molecule has 0 atom stereocenters. The number of carbonyl (C=O) groups is 1. The summed E-state index contributed by atoms with van der Waals surface area (Å²) in [5.41, 5.74) is 1.27. The number of carbonyl (C=O) groups excluding carboxylic acids is 1. The molecule has 1 rings (SSSR count). The van der Waals surface area contributed by atoms with E-state index in [1.807, 2.05) is 0 Å².